The smallest absolute Gasteiger partial charge is 0.0372 e. The molecule has 1 aliphatic carbocycles. The molecule has 1 heterocycles. The van der Waals surface area contributed by atoms with Gasteiger partial charge in [0.2, 0.25) is 0 Å². The second-order valence-electron chi connectivity index (χ2n) is 5.99. The van der Waals surface area contributed by atoms with E-state index in [-0.39, 0.29) is 0 Å². The van der Waals surface area contributed by atoms with E-state index in [1.807, 2.05) is 13.1 Å². The molecule has 1 aliphatic rings. The Kier molecular flexibility index (Phi) is 3.53. The van der Waals surface area contributed by atoms with Gasteiger partial charge in [-0.1, -0.05) is 26.3 Å². The molecule has 1 fully saturated rings. The molecule has 2 nitrogen and oxygen atoms in total. The summed E-state index contributed by atoms with van der Waals surface area (Å²) < 4.78 is 0. The number of pyridine rings is 1. The normalized spacial score (nSPS) is 24.8. The van der Waals surface area contributed by atoms with Gasteiger partial charge in [-0.2, -0.15) is 0 Å². The molecule has 2 rings (SSSR count). The number of nitrogens with zero attached hydrogens (tertiary/aromatic N) is 1. The van der Waals surface area contributed by atoms with Crippen molar-refractivity contribution in [2.45, 2.75) is 46.1 Å². The maximum atomic E-state index is 4.43. The van der Waals surface area contributed by atoms with Gasteiger partial charge >= 0.3 is 0 Å². The van der Waals surface area contributed by atoms with Gasteiger partial charge in [-0.25, -0.2) is 0 Å². The van der Waals surface area contributed by atoms with Crippen LogP contribution in [0.3, 0.4) is 0 Å². The first kappa shape index (κ1) is 12.6. The van der Waals surface area contributed by atoms with Gasteiger partial charge in [0, 0.05) is 17.9 Å². The molecule has 2 unspecified atom stereocenters. The van der Waals surface area contributed by atoms with Crippen LogP contribution in [0.4, 0.5) is 0 Å². The molecule has 1 aromatic heterocycles. The molecule has 94 valence electrons. The third-order valence-corrected chi connectivity index (χ3v) is 4.35. The van der Waals surface area contributed by atoms with Gasteiger partial charge in [0.1, 0.15) is 0 Å². The van der Waals surface area contributed by atoms with Crippen molar-refractivity contribution >= 4 is 0 Å². The van der Waals surface area contributed by atoms with Gasteiger partial charge in [0.25, 0.3) is 0 Å². The van der Waals surface area contributed by atoms with Gasteiger partial charge in [-0.3, -0.25) is 4.98 Å². The predicted octanol–water partition coefficient (Wildman–Crippen LogP) is 3.48. The lowest BCUT2D eigenvalue weighted by molar-refractivity contribution is 0.203. The first-order chi connectivity index (χ1) is 8.04. The van der Waals surface area contributed by atoms with Crippen LogP contribution in [0, 0.1) is 18.3 Å². The minimum atomic E-state index is 0.443. The van der Waals surface area contributed by atoms with Crippen LogP contribution >= 0.6 is 0 Å². The fourth-order valence-corrected chi connectivity index (χ4v) is 3.23. The fourth-order valence-electron chi connectivity index (χ4n) is 3.23. The van der Waals surface area contributed by atoms with Crippen LogP contribution in [-0.4, -0.2) is 12.0 Å². The SMILES string of the molecule is CNC(c1ccc(C)nc1)C1CCCC1(C)C. The summed E-state index contributed by atoms with van der Waals surface area (Å²) in [6.45, 7) is 6.84. The quantitative estimate of drug-likeness (QED) is 0.863. The summed E-state index contributed by atoms with van der Waals surface area (Å²) in [5.41, 5.74) is 2.87. The standard InChI is InChI=1S/C15H24N2/c1-11-7-8-12(10-17-11)14(16-4)13-6-5-9-15(13,2)3/h7-8,10,13-14,16H,5-6,9H2,1-4H3. The van der Waals surface area contributed by atoms with Crippen LogP contribution < -0.4 is 5.32 Å². The molecule has 0 aliphatic heterocycles. The molecule has 2 heteroatoms. The largest absolute Gasteiger partial charge is 0.313 e. The summed E-state index contributed by atoms with van der Waals surface area (Å²) in [7, 11) is 2.07. The molecule has 0 amide bonds. The van der Waals surface area contributed by atoms with Crippen molar-refractivity contribution in [1.82, 2.24) is 10.3 Å². The van der Waals surface area contributed by atoms with E-state index in [0.717, 1.165) is 11.6 Å². The van der Waals surface area contributed by atoms with Crippen LogP contribution in [0.5, 0.6) is 0 Å². The van der Waals surface area contributed by atoms with Crippen molar-refractivity contribution in [2.75, 3.05) is 7.05 Å². The van der Waals surface area contributed by atoms with E-state index in [0.29, 0.717) is 11.5 Å². The lowest BCUT2D eigenvalue weighted by atomic mass is 9.76. The van der Waals surface area contributed by atoms with Gasteiger partial charge in [0.15, 0.2) is 0 Å². The zero-order valence-electron chi connectivity index (χ0n) is 11.5. The molecular formula is C15H24N2. The van der Waals surface area contributed by atoms with Gasteiger partial charge in [0.05, 0.1) is 0 Å². The van der Waals surface area contributed by atoms with Crippen LogP contribution in [0.15, 0.2) is 18.3 Å². The molecule has 1 N–H and O–H groups in total. The summed E-state index contributed by atoms with van der Waals surface area (Å²) in [6, 6.07) is 4.78. The van der Waals surface area contributed by atoms with Crippen LogP contribution in [0.1, 0.15) is 50.4 Å². The Labute approximate surface area is 105 Å². The Morgan fingerprint density at radius 2 is 2.18 bits per heavy atom. The summed E-state index contributed by atoms with van der Waals surface area (Å²) in [5, 5.41) is 3.50. The second kappa shape index (κ2) is 4.77. The zero-order valence-corrected chi connectivity index (χ0v) is 11.5. The van der Waals surface area contributed by atoms with E-state index in [4.69, 9.17) is 0 Å². The van der Waals surface area contributed by atoms with E-state index in [9.17, 15) is 0 Å². The minimum Gasteiger partial charge on any atom is -0.313 e. The number of aromatic nitrogens is 1. The van der Waals surface area contributed by atoms with Gasteiger partial charge in [-0.05, 0) is 49.8 Å². The van der Waals surface area contributed by atoms with E-state index >= 15 is 0 Å². The lowest BCUT2D eigenvalue weighted by Crippen LogP contribution is -2.32. The third kappa shape index (κ3) is 2.52. The predicted molar refractivity (Wildman–Crippen MR) is 71.9 cm³/mol. The molecule has 1 saturated carbocycles. The van der Waals surface area contributed by atoms with Crippen LogP contribution in [0.25, 0.3) is 0 Å². The Balaban J connectivity index is 2.24. The second-order valence-corrected chi connectivity index (χ2v) is 5.99. The summed E-state index contributed by atoms with van der Waals surface area (Å²) in [4.78, 5) is 4.43. The Bertz CT molecular complexity index is 367. The molecule has 0 spiro atoms. The highest BCUT2D eigenvalue weighted by Crippen LogP contribution is 2.48. The molecular weight excluding hydrogens is 208 g/mol. The first-order valence-corrected chi connectivity index (χ1v) is 6.64. The topological polar surface area (TPSA) is 24.9 Å². The molecule has 0 radical (unpaired) electrons. The monoisotopic (exact) mass is 232 g/mol. The summed E-state index contributed by atoms with van der Waals surface area (Å²) >= 11 is 0. The van der Waals surface area contributed by atoms with Crippen LogP contribution in [0.2, 0.25) is 0 Å². The van der Waals surface area contributed by atoms with Crippen molar-refractivity contribution in [3.05, 3.63) is 29.6 Å². The average Bonchev–Trinajstić information content (AvgIpc) is 2.63. The van der Waals surface area contributed by atoms with Gasteiger partial charge < -0.3 is 5.32 Å². The van der Waals surface area contributed by atoms with Crippen molar-refractivity contribution in [3.8, 4) is 0 Å². The van der Waals surface area contributed by atoms with Crippen molar-refractivity contribution in [1.29, 1.82) is 0 Å². The molecule has 1 aromatic rings. The first-order valence-electron chi connectivity index (χ1n) is 6.64. The number of hydrogen-bond acceptors (Lipinski definition) is 2. The van der Waals surface area contributed by atoms with Crippen molar-refractivity contribution in [2.24, 2.45) is 11.3 Å². The highest BCUT2D eigenvalue weighted by atomic mass is 14.9. The molecule has 0 bridgehead atoms. The zero-order chi connectivity index (χ0) is 12.5. The lowest BCUT2D eigenvalue weighted by Gasteiger charge is -2.34. The maximum absolute atomic E-state index is 4.43. The highest BCUT2D eigenvalue weighted by molar-refractivity contribution is 5.19. The number of hydrogen-bond donors (Lipinski definition) is 1. The number of rotatable bonds is 3. The number of aryl methyl sites for hydroxylation is 1. The molecule has 17 heavy (non-hydrogen) atoms. The Morgan fingerprint density at radius 3 is 2.65 bits per heavy atom. The third-order valence-electron chi connectivity index (χ3n) is 4.35. The molecule has 0 aromatic carbocycles. The van der Waals surface area contributed by atoms with E-state index in [1.54, 1.807) is 0 Å². The average molecular weight is 232 g/mol. The minimum absolute atomic E-state index is 0.443. The van der Waals surface area contributed by atoms with E-state index in [2.05, 4.69) is 43.3 Å². The summed E-state index contributed by atoms with van der Waals surface area (Å²) in [5.74, 6) is 0.719. The van der Waals surface area contributed by atoms with Crippen molar-refractivity contribution in [3.63, 3.8) is 0 Å². The molecule has 2 atom stereocenters. The fraction of sp³-hybridized carbons (Fsp3) is 0.667. The van der Waals surface area contributed by atoms with E-state index < -0.39 is 0 Å². The number of nitrogens with one attached hydrogen (secondary N) is 1. The molecule has 0 saturated heterocycles. The van der Waals surface area contributed by atoms with Crippen molar-refractivity contribution < 1.29 is 0 Å². The van der Waals surface area contributed by atoms with Crippen LogP contribution in [-0.2, 0) is 0 Å². The maximum Gasteiger partial charge on any atom is 0.0372 e. The Hall–Kier alpha value is -0.890. The highest BCUT2D eigenvalue weighted by Gasteiger charge is 2.39. The van der Waals surface area contributed by atoms with E-state index in [1.165, 1.54) is 24.8 Å². The summed E-state index contributed by atoms with van der Waals surface area (Å²) in [6.07, 6.45) is 6.06. The van der Waals surface area contributed by atoms with Gasteiger partial charge in [-0.15, -0.1) is 0 Å². The Morgan fingerprint density at radius 1 is 1.41 bits per heavy atom.